The monoisotopic (exact) mass is 852 g/mol. The van der Waals surface area contributed by atoms with Crippen molar-refractivity contribution < 1.29 is 54.4 Å². The van der Waals surface area contributed by atoms with Gasteiger partial charge in [-0.1, -0.05) is 63.0 Å². The average Bonchev–Trinajstić information content (AvgIpc) is 3.00. The van der Waals surface area contributed by atoms with E-state index in [1.165, 1.54) is 59.0 Å². The van der Waals surface area contributed by atoms with Crippen LogP contribution in [-0.4, -0.2) is 51.3 Å². The van der Waals surface area contributed by atoms with Crippen LogP contribution in [0.25, 0.3) is 0 Å². The molecule has 48 heavy (non-hydrogen) atoms. The van der Waals surface area contributed by atoms with Gasteiger partial charge in [0.1, 0.15) is 6.04 Å². The van der Waals surface area contributed by atoms with Gasteiger partial charge in [-0.05, 0) is 57.4 Å². The second-order valence-electron chi connectivity index (χ2n) is 10.4. The van der Waals surface area contributed by atoms with Crippen molar-refractivity contribution in [2.75, 3.05) is 33.5 Å². The van der Waals surface area contributed by atoms with E-state index in [9.17, 15) is 18.7 Å². The molecule has 0 aliphatic heterocycles. The lowest BCUT2D eigenvalue weighted by Crippen LogP contribution is -2.48. The maximum absolute atomic E-state index is 15.3. The first-order valence-corrected chi connectivity index (χ1v) is 19.7. The zero-order chi connectivity index (χ0) is 36.5. The summed E-state index contributed by atoms with van der Waals surface area (Å²) in [6.07, 6.45) is -0.00735. The molecule has 0 radical (unpaired) electrons. The van der Waals surface area contributed by atoms with Gasteiger partial charge in [-0.2, -0.15) is 17.6 Å². The standard InChI is InChI=1S/C30H40Br2F4N2O8P2/c1-7-43-47(41,44-8-2)29(33,34)22-13-11-20(16-24(22)31)15-19(5)27(39)38-26(28(40)37-6)18-21-12-14-23(25(32)17-21)30(35,36)48(42,45-9-3)46-10-4/h11-14,16-17,19,26H,7-10,15,18H2,1-6H3,(H,37,40)(H,38,39)/t19-,26-/m0/s1. The third-order valence-corrected chi connectivity index (χ3v) is 12.5. The van der Waals surface area contributed by atoms with E-state index in [4.69, 9.17) is 18.1 Å². The Morgan fingerprint density at radius 2 is 1.10 bits per heavy atom. The third-order valence-electron chi connectivity index (χ3n) is 6.91. The molecule has 2 atom stereocenters. The number of benzene rings is 2. The molecule has 0 aliphatic carbocycles. The summed E-state index contributed by atoms with van der Waals surface area (Å²) in [4.78, 5) is 25.9. The van der Waals surface area contributed by atoms with Gasteiger partial charge in [0.25, 0.3) is 0 Å². The Kier molecular flexibility index (Phi) is 16.0. The normalized spacial score (nSPS) is 14.0. The van der Waals surface area contributed by atoms with E-state index in [1.807, 2.05) is 0 Å². The summed E-state index contributed by atoms with van der Waals surface area (Å²) in [5.74, 6) is -1.84. The van der Waals surface area contributed by atoms with Gasteiger partial charge in [0, 0.05) is 39.5 Å². The van der Waals surface area contributed by atoms with Crippen molar-refractivity contribution in [3.8, 4) is 0 Å². The number of nitrogens with one attached hydrogen (secondary N) is 2. The van der Waals surface area contributed by atoms with Crippen molar-refractivity contribution in [3.05, 3.63) is 67.6 Å². The zero-order valence-electron chi connectivity index (χ0n) is 27.3. The number of rotatable bonds is 19. The van der Waals surface area contributed by atoms with Crippen LogP contribution in [0, 0.1) is 5.92 Å². The number of amides is 2. The molecule has 2 aromatic carbocycles. The molecule has 0 heterocycles. The Morgan fingerprint density at radius 3 is 1.44 bits per heavy atom. The van der Waals surface area contributed by atoms with Crippen molar-refractivity contribution in [2.24, 2.45) is 5.92 Å². The second kappa shape index (κ2) is 18.0. The van der Waals surface area contributed by atoms with Crippen LogP contribution in [0.3, 0.4) is 0 Å². The van der Waals surface area contributed by atoms with Gasteiger partial charge in [0.15, 0.2) is 0 Å². The number of carbonyl (C=O) groups is 2. The van der Waals surface area contributed by atoms with E-state index in [-0.39, 0.29) is 48.2 Å². The highest BCUT2D eigenvalue weighted by Gasteiger charge is 2.56. The van der Waals surface area contributed by atoms with Gasteiger partial charge >= 0.3 is 26.5 Å². The molecule has 0 saturated carbocycles. The molecule has 0 spiro atoms. The number of alkyl halides is 4. The van der Waals surface area contributed by atoms with Crippen LogP contribution in [0.15, 0.2) is 45.3 Å². The second-order valence-corrected chi connectivity index (χ2v) is 16.2. The van der Waals surface area contributed by atoms with Crippen LogP contribution in [0.4, 0.5) is 17.6 Å². The molecule has 0 bridgehead atoms. The highest BCUT2D eigenvalue weighted by molar-refractivity contribution is 9.10. The first-order valence-electron chi connectivity index (χ1n) is 15.0. The van der Waals surface area contributed by atoms with E-state index >= 15 is 17.6 Å². The van der Waals surface area contributed by atoms with Gasteiger partial charge in [0.05, 0.1) is 26.4 Å². The molecule has 2 amide bonds. The summed E-state index contributed by atoms with van der Waals surface area (Å²) in [6, 6.07) is 6.38. The molecule has 270 valence electrons. The van der Waals surface area contributed by atoms with Gasteiger partial charge in [-0.15, -0.1) is 0 Å². The summed E-state index contributed by atoms with van der Waals surface area (Å²) >= 11 is 6.22. The Balaban J connectivity index is 2.25. The van der Waals surface area contributed by atoms with E-state index < -0.39 is 61.4 Å². The lowest BCUT2D eigenvalue weighted by Gasteiger charge is -2.27. The van der Waals surface area contributed by atoms with Crippen LogP contribution in [-0.2, 0) is 61.0 Å². The number of carbonyl (C=O) groups excluding carboxylic acids is 2. The SMILES string of the molecule is CCOP(=O)(OCC)C(F)(F)c1ccc(C[C@H](NC(=O)[C@@H](C)Cc2ccc(C(F)(F)P(=O)(OCC)OCC)c(Br)c2)C(=O)NC)cc1Br. The molecule has 0 unspecified atom stereocenters. The molecule has 0 saturated heterocycles. The molecule has 0 aromatic heterocycles. The molecule has 2 aromatic rings. The Hall–Kier alpha value is -1.64. The Labute approximate surface area is 294 Å². The summed E-state index contributed by atoms with van der Waals surface area (Å²) in [5.41, 5.74) is -8.33. The predicted molar refractivity (Wildman–Crippen MR) is 180 cm³/mol. The van der Waals surface area contributed by atoms with Gasteiger partial charge in [-0.3, -0.25) is 18.7 Å². The Morgan fingerprint density at radius 1 is 0.729 bits per heavy atom. The molecule has 2 N–H and O–H groups in total. The van der Waals surface area contributed by atoms with Crippen LogP contribution in [0.2, 0.25) is 0 Å². The average molecular weight is 854 g/mol. The summed E-state index contributed by atoms with van der Waals surface area (Å²) in [7, 11) is -8.34. The van der Waals surface area contributed by atoms with Gasteiger partial charge in [0.2, 0.25) is 11.8 Å². The minimum absolute atomic E-state index is 0.0704. The van der Waals surface area contributed by atoms with E-state index in [0.717, 1.165) is 12.1 Å². The highest BCUT2D eigenvalue weighted by atomic mass is 79.9. The highest BCUT2D eigenvalue weighted by Crippen LogP contribution is 2.68. The van der Waals surface area contributed by atoms with Crippen LogP contribution < -0.4 is 10.6 Å². The minimum Gasteiger partial charge on any atom is -0.357 e. The smallest absolute Gasteiger partial charge is 0.357 e. The first-order chi connectivity index (χ1) is 22.4. The fourth-order valence-corrected chi connectivity index (χ4v) is 9.41. The number of likely N-dealkylation sites (N-methyl/N-ethyl adjacent to an activating group) is 1. The molecular weight excluding hydrogens is 814 g/mol. The van der Waals surface area contributed by atoms with Crippen molar-refractivity contribution in [3.63, 3.8) is 0 Å². The van der Waals surface area contributed by atoms with Crippen molar-refractivity contribution in [2.45, 2.75) is 64.8 Å². The number of halogens is 6. The third kappa shape index (κ3) is 9.78. The van der Waals surface area contributed by atoms with E-state index in [0.29, 0.717) is 11.1 Å². The van der Waals surface area contributed by atoms with Crippen molar-refractivity contribution in [1.82, 2.24) is 10.6 Å². The maximum atomic E-state index is 15.3. The molecular formula is C30H40Br2F4N2O8P2. The van der Waals surface area contributed by atoms with Crippen LogP contribution in [0.5, 0.6) is 0 Å². The fourth-order valence-electron chi connectivity index (χ4n) is 4.61. The molecule has 2 rings (SSSR count). The summed E-state index contributed by atoms with van der Waals surface area (Å²) < 4.78 is 106. The van der Waals surface area contributed by atoms with Crippen LogP contribution in [0.1, 0.15) is 56.9 Å². The molecule has 10 nitrogen and oxygen atoms in total. The van der Waals surface area contributed by atoms with E-state index in [1.54, 1.807) is 6.92 Å². The number of hydrogen-bond acceptors (Lipinski definition) is 8. The largest absolute Gasteiger partial charge is 0.404 e. The topological polar surface area (TPSA) is 129 Å². The Bertz CT molecular complexity index is 1520. The quantitative estimate of drug-likeness (QED) is 0.106. The van der Waals surface area contributed by atoms with E-state index in [2.05, 4.69) is 42.5 Å². The fraction of sp³-hybridized carbons (Fsp3) is 0.533. The van der Waals surface area contributed by atoms with Crippen LogP contribution >= 0.6 is 47.1 Å². The summed E-state index contributed by atoms with van der Waals surface area (Å²) in [5, 5.41) is 5.12. The van der Waals surface area contributed by atoms with Crippen molar-refractivity contribution in [1.29, 1.82) is 0 Å². The van der Waals surface area contributed by atoms with Crippen molar-refractivity contribution >= 4 is 58.9 Å². The first kappa shape index (κ1) is 42.5. The zero-order valence-corrected chi connectivity index (χ0v) is 32.3. The van der Waals surface area contributed by atoms with Gasteiger partial charge < -0.3 is 28.7 Å². The number of hydrogen-bond donors (Lipinski definition) is 2. The van der Waals surface area contributed by atoms with Gasteiger partial charge in [-0.25, -0.2) is 0 Å². The molecule has 0 fully saturated rings. The lowest BCUT2D eigenvalue weighted by molar-refractivity contribution is -0.130. The predicted octanol–water partition coefficient (Wildman–Crippen LogP) is 8.49. The molecule has 18 heteroatoms. The summed E-state index contributed by atoms with van der Waals surface area (Å²) in [6.45, 7) is 6.21. The lowest BCUT2D eigenvalue weighted by atomic mass is 9.98. The minimum atomic E-state index is -4.87. The molecule has 0 aliphatic rings. The maximum Gasteiger partial charge on any atom is 0.404 e.